The van der Waals surface area contributed by atoms with Crippen LogP contribution in [0.2, 0.25) is 0 Å². The second-order valence-electron chi connectivity index (χ2n) is 6.55. The van der Waals surface area contributed by atoms with E-state index in [1.165, 1.54) is 19.2 Å². The summed E-state index contributed by atoms with van der Waals surface area (Å²) in [6, 6.07) is 8.79. The zero-order chi connectivity index (χ0) is 19.6. The molecule has 2 aromatic rings. The van der Waals surface area contributed by atoms with E-state index in [0.717, 1.165) is 22.9 Å². The summed E-state index contributed by atoms with van der Waals surface area (Å²) in [6.07, 6.45) is 0.510. The summed E-state index contributed by atoms with van der Waals surface area (Å²) in [4.78, 5) is 26.5. The Morgan fingerprint density at radius 1 is 1.19 bits per heavy atom. The van der Waals surface area contributed by atoms with Crippen LogP contribution in [0.25, 0.3) is 0 Å². The maximum absolute atomic E-state index is 13.7. The fourth-order valence-corrected chi connectivity index (χ4v) is 3.03. The van der Waals surface area contributed by atoms with Crippen molar-refractivity contribution in [2.45, 2.75) is 26.3 Å². The number of methoxy groups -OCH3 is 1. The van der Waals surface area contributed by atoms with Gasteiger partial charge in [0.25, 0.3) is 0 Å². The van der Waals surface area contributed by atoms with Gasteiger partial charge in [-0.1, -0.05) is 6.07 Å². The second-order valence-corrected chi connectivity index (χ2v) is 6.55. The molecule has 2 N–H and O–H groups in total. The molecular formula is C20H22FN3O3. The first-order chi connectivity index (χ1) is 12.9. The van der Waals surface area contributed by atoms with Crippen molar-refractivity contribution in [1.29, 1.82) is 0 Å². The van der Waals surface area contributed by atoms with E-state index in [1.807, 2.05) is 32.0 Å². The average molecular weight is 371 g/mol. The van der Waals surface area contributed by atoms with Crippen molar-refractivity contribution in [2.24, 2.45) is 0 Å². The largest absolute Gasteiger partial charge is 0.494 e. The number of halogens is 1. The molecule has 1 atom stereocenters. The molecule has 0 aromatic heterocycles. The Kier molecular flexibility index (Phi) is 5.30. The van der Waals surface area contributed by atoms with Gasteiger partial charge in [-0.05, 0) is 55.7 Å². The standard InChI is InChI=1S/C20H22FN3O3/c1-12-4-6-15(10-13(12)2)24-9-8-17(19(24)25)23-20(26)22-14-5-7-18(27-3)16(21)11-14/h4-7,10-11,17H,8-9H2,1-3H3,(H2,22,23,26). The van der Waals surface area contributed by atoms with Crippen LogP contribution >= 0.6 is 0 Å². The molecule has 27 heavy (non-hydrogen) atoms. The van der Waals surface area contributed by atoms with Crippen LogP contribution in [0, 0.1) is 19.7 Å². The van der Waals surface area contributed by atoms with Crippen molar-refractivity contribution in [1.82, 2.24) is 5.32 Å². The third kappa shape index (κ3) is 4.02. The van der Waals surface area contributed by atoms with Gasteiger partial charge in [0, 0.05) is 24.0 Å². The van der Waals surface area contributed by atoms with Gasteiger partial charge in [-0.25, -0.2) is 9.18 Å². The number of aryl methyl sites for hydroxylation is 2. The van der Waals surface area contributed by atoms with Crippen molar-refractivity contribution in [3.8, 4) is 5.75 Å². The van der Waals surface area contributed by atoms with Gasteiger partial charge in [0.05, 0.1) is 7.11 Å². The van der Waals surface area contributed by atoms with Crippen LogP contribution in [0.1, 0.15) is 17.5 Å². The molecule has 1 unspecified atom stereocenters. The summed E-state index contributed by atoms with van der Waals surface area (Å²) >= 11 is 0. The van der Waals surface area contributed by atoms with Gasteiger partial charge in [-0.2, -0.15) is 0 Å². The lowest BCUT2D eigenvalue weighted by molar-refractivity contribution is -0.118. The molecule has 7 heteroatoms. The smallest absolute Gasteiger partial charge is 0.319 e. The van der Waals surface area contributed by atoms with Crippen LogP contribution in [0.3, 0.4) is 0 Å². The first kappa shape index (κ1) is 18.7. The molecule has 142 valence electrons. The summed E-state index contributed by atoms with van der Waals surface area (Å²) in [5.74, 6) is -0.640. The molecule has 1 aliphatic heterocycles. The normalized spacial score (nSPS) is 16.4. The molecule has 1 saturated heterocycles. The van der Waals surface area contributed by atoms with Crippen LogP contribution in [-0.2, 0) is 4.79 Å². The predicted octanol–water partition coefficient (Wildman–Crippen LogP) is 3.38. The third-order valence-electron chi connectivity index (χ3n) is 4.72. The van der Waals surface area contributed by atoms with Crippen molar-refractivity contribution >= 4 is 23.3 Å². The Morgan fingerprint density at radius 3 is 2.63 bits per heavy atom. The molecule has 0 spiro atoms. The number of anilines is 2. The van der Waals surface area contributed by atoms with Gasteiger partial charge in [0.2, 0.25) is 5.91 Å². The Balaban J connectivity index is 1.62. The van der Waals surface area contributed by atoms with Gasteiger partial charge in [0.15, 0.2) is 11.6 Å². The SMILES string of the molecule is COc1ccc(NC(=O)NC2CCN(c3ccc(C)c(C)c3)C2=O)cc1F. The first-order valence-corrected chi connectivity index (χ1v) is 8.68. The van der Waals surface area contributed by atoms with E-state index in [2.05, 4.69) is 10.6 Å². The molecule has 1 aliphatic rings. The monoisotopic (exact) mass is 371 g/mol. The molecule has 0 saturated carbocycles. The molecule has 2 aromatic carbocycles. The van der Waals surface area contributed by atoms with Gasteiger partial charge >= 0.3 is 6.03 Å². The molecule has 0 radical (unpaired) electrons. The number of nitrogens with one attached hydrogen (secondary N) is 2. The molecule has 1 heterocycles. The fraction of sp³-hybridized carbons (Fsp3) is 0.300. The predicted molar refractivity (Wildman–Crippen MR) is 102 cm³/mol. The maximum Gasteiger partial charge on any atom is 0.319 e. The zero-order valence-corrected chi connectivity index (χ0v) is 15.5. The Labute approximate surface area is 157 Å². The molecule has 3 rings (SSSR count). The van der Waals surface area contributed by atoms with Gasteiger partial charge in [-0.15, -0.1) is 0 Å². The van der Waals surface area contributed by atoms with Gasteiger partial charge in [0.1, 0.15) is 6.04 Å². The van der Waals surface area contributed by atoms with Gasteiger partial charge < -0.3 is 20.3 Å². The minimum Gasteiger partial charge on any atom is -0.494 e. The third-order valence-corrected chi connectivity index (χ3v) is 4.72. The van der Waals surface area contributed by atoms with E-state index in [9.17, 15) is 14.0 Å². The number of hydrogen-bond donors (Lipinski definition) is 2. The van der Waals surface area contributed by atoms with Crippen LogP contribution < -0.4 is 20.3 Å². The molecule has 1 fully saturated rings. The first-order valence-electron chi connectivity index (χ1n) is 8.68. The van der Waals surface area contributed by atoms with Crippen LogP contribution in [0.4, 0.5) is 20.6 Å². The maximum atomic E-state index is 13.7. The Hall–Kier alpha value is -3.09. The average Bonchev–Trinajstić information content (AvgIpc) is 2.98. The lowest BCUT2D eigenvalue weighted by Crippen LogP contribution is -2.43. The molecular weight excluding hydrogens is 349 g/mol. The number of nitrogens with zero attached hydrogens (tertiary/aromatic N) is 1. The summed E-state index contributed by atoms with van der Waals surface area (Å²) < 4.78 is 18.6. The highest BCUT2D eigenvalue weighted by Crippen LogP contribution is 2.24. The highest BCUT2D eigenvalue weighted by molar-refractivity contribution is 6.02. The zero-order valence-electron chi connectivity index (χ0n) is 15.5. The minimum absolute atomic E-state index is 0.0935. The number of benzene rings is 2. The molecule has 6 nitrogen and oxygen atoms in total. The van der Waals surface area contributed by atoms with Gasteiger partial charge in [-0.3, -0.25) is 4.79 Å². The van der Waals surface area contributed by atoms with E-state index in [4.69, 9.17) is 4.74 Å². The van der Waals surface area contributed by atoms with E-state index >= 15 is 0 Å². The number of urea groups is 1. The van der Waals surface area contributed by atoms with Crippen molar-refractivity contribution in [3.05, 3.63) is 53.3 Å². The molecule has 0 aliphatic carbocycles. The molecule has 3 amide bonds. The summed E-state index contributed by atoms with van der Waals surface area (Å²) in [6.45, 7) is 4.54. The van der Waals surface area contributed by atoms with Crippen LogP contribution in [0.15, 0.2) is 36.4 Å². The summed E-state index contributed by atoms with van der Waals surface area (Å²) in [5, 5.41) is 5.19. The Morgan fingerprint density at radius 2 is 1.96 bits per heavy atom. The number of hydrogen-bond acceptors (Lipinski definition) is 3. The number of carbonyl (C=O) groups excluding carboxylic acids is 2. The lowest BCUT2D eigenvalue weighted by atomic mass is 10.1. The van der Waals surface area contributed by atoms with E-state index < -0.39 is 17.9 Å². The van der Waals surface area contributed by atoms with Crippen molar-refractivity contribution in [3.63, 3.8) is 0 Å². The number of carbonyl (C=O) groups is 2. The van der Waals surface area contributed by atoms with E-state index in [-0.39, 0.29) is 17.3 Å². The minimum atomic E-state index is -0.616. The topological polar surface area (TPSA) is 70.7 Å². The number of amides is 3. The summed E-state index contributed by atoms with van der Waals surface area (Å²) in [7, 11) is 1.37. The highest BCUT2D eigenvalue weighted by atomic mass is 19.1. The highest BCUT2D eigenvalue weighted by Gasteiger charge is 2.33. The molecule has 0 bridgehead atoms. The van der Waals surface area contributed by atoms with Crippen molar-refractivity contribution in [2.75, 3.05) is 23.9 Å². The summed E-state index contributed by atoms with van der Waals surface area (Å²) in [5.41, 5.74) is 3.37. The number of rotatable bonds is 4. The van der Waals surface area contributed by atoms with E-state index in [0.29, 0.717) is 13.0 Å². The second kappa shape index (κ2) is 7.65. The van der Waals surface area contributed by atoms with Crippen LogP contribution in [0.5, 0.6) is 5.75 Å². The lowest BCUT2D eigenvalue weighted by Gasteiger charge is -2.18. The van der Waals surface area contributed by atoms with Crippen LogP contribution in [-0.4, -0.2) is 31.6 Å². The van der Waals surface area contributed by atoms with E-state index in [1.54, 1.807) is 4.90 Å². The quantitative estimate of drug-likeness (QED) is 0.866. The Bertz CT molecular complexity index is 885. The fourth-order valence-electron chi connectivity index (χ4n) is 3.03. The number of ether oxygens (including phenoxy) is 1. The van der Waals surface area contributed by atoms with Crippen molar-refractivity contribution < 1.29 is 18.7 Å².